The third-order valence-corrected chi connectivity index (χ3v) is 5.58. The zero-order valence-corrected chi connectivity index (χ0v) is 15.8. The third-order valence-electron chi connectivity index (χ3n) is 5.22. The highest BCUT2D eigenvalue weighted by Crippen LogP contribution is 2.34. The lowest BCUT2D eigenvalue weighted by Crippen LogP contribution is -2.66. The van der Waals surface area contributed by atoms with E-state index in [0.29, 0.717) is 12.0 Å². The number of nitrogens with one attached hydrogen (secondary N) is 5. The quantitative estimate of drug-likeness (QED) is 0.440. The van der Waals surface area contributed by atoms with Crippen molar-refractivity contribution in [3.8, 4) is 0 Å². The number of fused-ring (bicyclic) bond motifs is 1. The molecule has 0 aromatic rings. The molecular weight excluding hydrogens is 361 g/mol. The van der Waals surface area contributed by atoms with E-state index in [1.165, 1.54) is 6.92 Å². The Labute approximate surface area is 157 Å². The molecule has 9 heteroatoms. The Hall–Kier alpha value is -1.22. The molecule has 2 aliphatic heterocycles. The van der Waals surface area contributed by atoms with Gasteiger partial charge in [0.05, 0.1) is 12.2 Å². The molecule has 1 aliphatic carbocycles. The van der Waals surface area contributed by atoms with Gasteiger partial charge < -0.3 is 10.6 Å². The maximum atomic E-state index is 14.2. The van der Waals surface area contributed by atoms with Gasteiger partial charge in [0, 0.05) is 36.4 Å². The monoisotopic (exact) mass is 387 g/mol. The summed E-state index contributed by atoms with van der Waals surface area (Å²) >= 11 is 6.16. The minimum atomic E-state index is -1.11. The summed E-state index contributed by atoms with van der Waals surface area (Å²) in [6, 6.07) is -0.727. The Balaban J connectivity index is 1.63. The van der Waals surface area contributed by atoms with Gasteiger partial charge in [0.2, 0.25) is 11.8 Å². The highest BCUT2D eigenvalue weighted by Gasteiger charge is 2.41. The highest BCUT2D eigenvalue weighted by atomic mass is 35.5. The third kappa shape index (κ3) is 4.54. The van der Waals surface area contributed by atoms with E-state index in [9.17, 15) is 14.0 Å². The van der Waals surface area contributed by atoms with Crippen LogP contribution in [0.1, 0.15) is 33.1 Å². The van der Waals surface area contributed by atoms with Gasteiger partial charge in [-0.25, -0.2) is 4.39 Å². The normalized spacial score (nSPS) is 38.6. The topological polar surface area (TPSA) is 94.3 Å². The molecular formula is C17H27ClFN5O2. The molecule has 2 fully saturated rings. The number of hydrogen-bond acceptors (Lipinski definition) is 5. The number of amides is 2. The molecule has 0 spiro atoms. The van der Waals surface area contributed by atoms with Crippen molar-refractivity contribution in [2.45, 2.75) is 69.2 Å². The maximum Gasteiger partial charge on any atom is 0.248 e. The van der Waals surface area contributed by atoms with Crippen molar-refractivity contribution in [1.29, 1.82) is 0 Å². The van der Waals surface area contributed by atoms with Crippen LogP contribution in [-0.4, -0.2) is 54.4 Å². The van der Waals surface area contributed by atoms with Crippen LogP contribution in [0.2, 0.25) is 0 Å². The van der Waals surface area contributed by atoms with E-state index in [4.69, 9.17) is 11.6 Å². The second kappa shape index (κ2) is 8.21. The second-order valence-corrected chi connectivity index (χ2v) is 7.97. The van der Waals surface area contributed by atoms with E-state index in [-0.39, 0.29) is 48.0 Å². The predicted molar refractivity (Wildman–Crippen MR) is 97.0 cm³/mol. The van der Waals surface area contributed by atoms with Crippen molar-refractivity contribution >= 4 is 23.4 Å². The first-order chi connectivity index (χ1) is 12.3. The van der Waals surface area contributed by atoms with Crippen LogP contribution in [0.15, 0.2) is 11.6 Å². The summed E-state index contributed by atoms with van der Waals surface area (Å²) in [6.45, 7) is 4.11. The van der Waals surface area contributed by atoms with Gasteiger partial charge in [-0.2, -0.15) is 0 Å². The van der Waals surface area contributed by atoms with Crippen molar-refractivity contribution in [3.05, 3.63) is 11.6 Å². The van der Waals surface area contributed by atoms with Crippen LogP contribution in [0.5, 0.6) is 0 Å². The number of carbonyl (C=O) groups excluding carboxylic acids is 2. The first-order valence-corrected chi connectivity index (χ1v) is 9.60. The Morgan fingerprint density at radius 3 is 2.92 bits per heavy atom. The lowest BCUT2D eigenvalue weighted by molar-refractivity contribution is -0.120. The largest absolute Gasteiger partial charge is 0.346 e. The minimum absolute atomic E-state index is 0.0856. The SMILES string of the molecule is CC(=O)NC1CCNC(N[C@@H](C)C2=CC3CC(Cl)CC(F)C3NC2=O)N1. The predicted octanol–water partition coefficient (Wildman–Crippen LogP) is 0.0735. The fourth-order valence-corrected chi connectivity index (χ4v) is 4.35. The fraction of sp³-hybridized carbons (Fsp3) is 0.765. The smallest absolute Gasteiger partial charge is 0.248 e. The highest BCUT2D eigenvalue weighted by molar-refractivity contribution is 6.20. The number of halogens is 2. The number of hydrogen-bond donors (Lipinski definition) is 5. The van der Waals surface area contributed by atoms with Crippen LogP contribution in [0, 0.1) is 5.92 Å². The summed E-state index contributed by atoms with van der Waals surface area (Å²) in [5.74, 6) is -0.418. The van der Waals surface area contributed by atoms with E-state index in [1.54, 1.807) is 0 Å². The maximum absolute atomic E-state index is 14.2. The molecule has 0 radical (unpaired) electrons. The molecule has 3 aliphatic rings. The Bertz CT molecular complexity index is 590. The van der Waals surface area contributed by atoms with E-state index in [2.05, 4.69) is 26.6 Å². The lowest BCUT2D eigenvalue weighted by atomic mass is 9.78. The lowest BCUT2D eigenvalue weighted by Gasteiger charge is -2.40. The summed E-state index contributed by atoms with van der Waals surface area (Å²) in [5, 5.41) is 15.3. The van der Waals surface area contributed by atoms with Gasteiger partial charge in [-0.15, -0.1) is 11.6 Å². The summed E-state index contributed by atoms with van der Waals surface area (Å²) in [6.07, 6.45) is 2.10. The van der Waals surface area contributed by atoms with E-state index >= 15 is 0 Å². The molecule has 0 aromatic heterocycles. The molecule has 0 bridgehead atoms. The Morgan fingerprint density at radius 1 is 1.42 bits per heavy atom. The van der Waals surface area contributed by atoms with Crippen LogP contribution in [0.25, 0.3) is 0 Å². The van der Waals surface area contributed by atoms with Crippen LogP contribution in [0.3, 0.4) is 0 Å². The summed E-state index contributed by atoms with van der Waals surface area (Å²) in [7, 11) is 0. The molecule has 26 heavy (non-hydrogen) atoms. The van der Waals surface area contributed by atoms with E-state index in [1.807, 2.05) is 13.0 Å². The van der Waals surface area contributed by atoms with Crippen molar-refractivity contribution in [1.82, 2.24) is 26.6 Å². The summed E-state index contributed by atoms with van der Waals surface area (Å²) in [4.78, 5) is 23.7. The molecule has 2 amide bonds. The van der Waals surface area contributed by atoms with Crippen molar-refractivity contribution in [2.75, 3.05) is 6.54 Å². The number of rotatable bonds is 4. The fourth-order valence-electron chi connectivity index (χ4n) is 3.97. The molecule has 7 nitrogen and oxygen atoms in total. The second-order valence-electron chi connectivity index (χ2n) is 7.35. The summed E-state index contributed by atoms with van der Waals surface area (Å²) < 4.78 is 14.2. The number of carbonyl (C=O) groups is 2. The van der Waals surface area contributed by atoms with Crippen LogP contribution in [-0.2, 0) is 9.59 Å². The van der Waals surface area contributed by atoms with Crippen LogP contribution >= 0.6 is 11.6 Å². The van der Waals surface area contributed by atoms with E-state index in [0.717, 1.165) is 13.0 Å². The summed E-state index contributed by atoms with van der Waals surface area (Å²) in [5.41, 5.74) is 0.592. The minimum Gasteiger partial charge on any atom is -0.346 e. The van der Waals surface area contributed by atoms with Gasteiger partial charge >= 0.3 is 0 Å². The standard InChI is InChI=1S/C17H27ClFN5O2/c1-8(21-17-20-4-3-14(23-17)22-9(2)25)12-6-10-5-11(18)7-13(19)15(10)24-16(12)26/h6,8,10-11,13-15,17,20-21,23H,3-5,7H2,1-2H3,(H,22,25)(H,24,26)/t8-,10?,11?,13?,14?,15?,17?/m0/s1. The van der Waals surface area contributed by atoms with Gasteiger partial charge in [0.1, 0.15) is 12.5 Å². The average molecular weight is 388 g/mol. The molecule has 6 unspecified atom stereocenters. The van der Waals surface area contributed by atoms with Gasteiger partial charge in [0.15, 0.2) is 0 Å². The average Bonchev–Trinajstić information content (AvgIpc) is 2.54. The van der Waals surface area contributed by atoms with Gasteiger partial charge in [-0.05, 0) is 26.2 Å². The van der Waals surface area contributed by atoms with Gasteiger partial charge in [0.25, 0.3) is 0 Å². The Morgan fingerprint density at radius 2 is 2.19 bits per heavy atom. The molecule has 7 atom stereocenters. The molecule has 1 saturated carbocycles. The van der Waals surface area contributed by atoms with Crippen molar-refractivity contribution in [3.63, 3.8) is 0 Å². The molecule has 0 aromatic carbocycles. The van der Waals surface area contributed by atoms with Crippen LogP contribution < -0.4 is 26.6 Å². The molecule has 3 rings (SSSR count). The first kappa shape index (κ1) is 19.5. The number of alkyl halides is 2. The first-order valence-electron chi connectivity index (χ1n) is 9.16. The molecule has 1 saturated heterocycles. The van der Waals surface area contributed by atoms with E-state index < -0.39 is 12.2 Å². The molecule has 2 heterocycles. The Kier molecular flexibility index (Phi) is 6.17. The van der Waals surface area contributed by atoms with Gasteiger partial charge in [-0.1, -0.05) is 6.08 Å². The van der Waals surface area contributed by atoms with Crippen molar-refractivity contribution < 1.29 is 14.0 Å². The van der Waals surface area contributed by atoms with Crippen molar-refractivity contribution in [2.24, 2.45) is 5.92 Å². The molecule has 5 N–H and O–H groups in total. The zero-order valence-electron chi connectivity index (χ0n) is 15.0. The van der Waals surface area contributed by atoms with Gasteiger partial charge in [-0.3, -0.25) is 25.5 Å². The zero-order chi connectivity index (χ0) is 18.8. The van der Waals surface area contributed by atoms with Crippen LogP contribution in [0.4, 0.5) is 4.39 Å². The molecule has 146 valence electrons.